The number of benzene rings is 2. The molecule has 0 unspecified atom stereocenters. The van der Waals surface area contributed by atoms with Crippen molar-refractivity contribution >= 4 is 38.2 Å². The van der Waals surface area contributed by atoms with E-state index in [1.165, 1.54) is 0 Å². The maximum Gasteiger partial charge on any atom is 0.229 e. The average Bonchev–Trinajstić information content (AvgIpc) is 2.54. The second-order valence-electron chi connectivity index (χ2n) is 4.89. The Morgan fingerprint density at radius 3 is 2.21 bits per heavy atom. The van der Waals surface area contributed by atoms with Crippen molar-refractivity contribution in [1.29, 1.82) is 0 Å². The average molecular weight is 369 g/mol. The molecular weight excluding hydrogens is 352 g/mol. The second-order valence-corrected chi connectivity index (χ2v) is 7.00. The van der Waals surface area contributed by atoms with Crippen LogP contribution in [0.3, 0.4) is 0 Å². The fourth-order valence-corrected chi connectivity index (χ4v) is 2.74. The van der Waals surface area contributed by atoms with Crippen molar-refractivity contribution in [2.45, 2.75) is 0 Å². The van der Waals surface area contributed by atoms with Crippen LogP contribution in [0.25, 0.3) is 0 Å². The maximum absolute atomic E-state index is 11.2. The first-order valence-corrected chi connectivity index (χ1v) is 9.14. The summed E-state index contributed by atoms with van der Waals surface area (Å²) in [6.07, 6.45) is 1.09. The molecule has 24 heavy (non-hydrogen) atoms. The first-order valence-electron chi connectivity index (χ1n) is 6.87. The predicted octanol–water partition coefficient (Wildman–Crippen LogP) is 3.39. The van der Waals surface area contributed by atoms with Crippen LogP contribution in [0.2, 0.25) is 0 Å². The monoisotopic (exact) mass is 368 g/mol. The molecule has 0 aliphatic carbocycles. The zero-order valence-electron chi connectivity index (χ0n) is 13.4. The summed E-state index contributed by atoms with van der Waals surface area (Å²) in [5.74, 6) is 1.15. The molecule has 1 N–H and O–H groups in total. The fraction of sp³-hybridized carbons (Fsp3) is 0.188. The minimum Gasteiger partial charge on any atom is -0.493 e. The Bertz CT molecular complexity index is 849. The van der Waals surface area contributed by atoms with Gasteiger partial charge in [-0.25, -0.2) is 13.4 Å². The zero-order chi connectivity index (χ0) is 17.7. The molecule has 8 heteroatoms. The van der Waals surface area contributed by atoms with Gasteiger partial charge in [-0.05, 0) is 42.5 Å². The molecule has 2 aromatic carbocycles. The van der Waals surface area contributed by atoms with Crippen LogP contribution in [0, 0.1) is 0 Å². The number of ether oxygens (including phenoxy) is 2. The van der Waals surface area contributed by atoms with Crippen LogP contribution >= 0.6 is 11.6 Å². The molecule has 2 rings (SSSR count). The highest BCUT2D eigenvalue weighted by molar-refractivity contribution is 7.92. The molecule has 0 bridgehead atoms. The van der Waals surface area contributed by atoms with Crippen LogP contribution < -0.4 is 14.2 Å². The molecule has 2 aromatic rings. The minimum atomic E-state index is -3.31. The Morgan fingerprint density at radius 1 is 1.04 bits per heavy atom. The summed E-state index contributed by atoms with van der Waals surface area (Å²) in [6.45, 7) is 0. The van der Waals surface area contributed by atoms with Gasteiger partial charge in [-0.15, -0.1) is 0 Å². The van der Waals surface area contributed by atoms with Gasteiger partial charge in [0.2, 0.25) is 10.0 Å². The highest BCUT2D eigenvalue weighted by Crippen LogP contribution is 2.29. The van der Waals surface area contributed by atoms with Gasteiger partial charge in [-0.3, -0.25) is 4.72 Å². The number of nitrogens with zero attached hydrogens (tertiary/aromatic N) is 1. The van der Waals surface area contributed by atoms with Crippen LogP contribution in [-0.2, 0) is 10.0 Å². The van der Waals surface area contributed by atoms with Crippen molar-refractivity contribution in [2.24, 2.45) is 4.99 Å². The molecule has 0 spiro atoms. The molecular formula is C16H17ClN2O4S. The Labute approximate surface area is 146 Å². The van der Waals surface area contributed by atoms with E-state index in [9.17, 15) is 8.42 Å². The van der Waals surface area contributed by atoms with Crippen LogP contribution in [0.15, 0.2) is 47.5 Å². The summed E-state index contributed by atoms with van der Waals surface area (Å²) in [7, 11) is -0.211. The van der Waals surface area contributed by atoms with E-state index in [1.807, 2.05) is 0 Å². The molecule has 0 aromatic heterocycles. The number of hydrogen-bond donors (Lipinski definition) is 1. The number of halogens is 1. The fourth-order valence-electron chi connectivity index (χ4n) is 1.96. The molecule has 0 aliphatic rings. The number of hydrogen-bond acceptors (Lipinski definition) is 5. The largest absolute Gasteiger partial charge is 0.493 e. The smallest absolute Gasteiger partial charge is 0.229 e. The highest BCUT2D eigenvalue weighted by atomic mass is 35.5. The zero-order valence-corrected chi connectivity index (χ0v) is 15.0. The topological polar surface area (TPSA) is 77.0 Å². The van der Waals surface area contributed by atoms with E-state index in [2.05, 4.69) is 9.71 Å². The quantitative estimate of drug-likeness (QED) is 0.793. The van der Waals surface area contributed by atoms with Crippen molar-refractivity contribution in [1.82, 2.24) is 0 Å². The summed E-state index contributed by atoms with van der Waals surface area (Å²) in [6, 6.07) is 11.8. The molecule has 0 saturated carbocycles. The van der Waals surface area contributed by atoms with E-state index < -0.39 is 10.0 Å². The van der Waals surface area contributed by atoms with Gasteiger partial charge < -0.3 is 9.47 Å². The van der Waals surface area contributed by atoms with Crippen molar-refractivity contribution in [3.05, 3.63) is 48.0 Å². The Morgan fingerprint density at radius 2 is 1.67 bits per heavy atom. The van der Waals surface area contributed by atoms with Gasteiger partial charge in [0, 0.05) is 11.3 Å². The SMILES string of the molecule is COc1ccc(C(Cl)=Nc2ccc(NS(C)(=O)=O)cc2)cc1OC. The van der Waals surface area contributed by atoms with E-state index in [-0.39, 0.29) is 5.17 Å². The van der Waals surface area contributed by atoms with Crippen molar-refractivity contribution in [2.75, 3.05) is 25.2 Å². The molecule has 0 aliphatic heterocycles. The normalized spacial score (nSPS) is 11.9. The molecule has 6 nitrogen and oxygen atoms in total. The number of sulfonamides is 1. The van der Waals surface area contributed by atoms with Crippen molar-refractivity contribution in [3.8, 4) is 11.5 Å². The number of nitrogens with one attached hydrogen (secondary N) is 1. The van der Waals surface area contributed by atoms with E-state index in [0.717, 1.165) is 6.26 Å². The number of rotatable bonds is 6. The first-order chi connectivity index (χ1) is 11.3. The maximum atomic E-state index is 11.2. The first kappa shape index (κ1) is 18.1. The molecule has 0 saturated heterocycles. The van der Waals surface area contributed by atoms with E-state index in [1.54, 1.807) is 56.7 Å². The highest BCUT2D eigenvalue weighted by Gasteiger charge is 2.08. The van der Waals surface area contributed by atoms with Gasteiger partial charge in [-0.1, -0.05) is 11.6 Å². The van der Waals surface area contributed by atoms with Gasteiger partial charge in [0.15, 0.2) is 11.5 Å². The summed E-state index contributed by atoms with van der Waals surface area (Å²) in [5, 5.41) is 0.278. The number of aliphatic imine (C=N–C) groups is 1. The molecule has 0 amide bonds. The number of anilines is 1. The summed E-state index contributed by atoms with van der Waals surface area (Å²) >= 11 is 6.25. The second kappa shape index (κ2) is 7.55. The third kappa shape index (κ3) is 4.87. The van der Waals surface area contributed by atoms with Gasteiger partial charge in [-0.2, -0.15) is 0 Å². The van der Waals surface area contributed by atoms with Crippen LogP contribution in [0.4, 0.5) is 11.4 Å². The van der Waals surface area contributed by atoms with Crippen molar-refractivity contribution in [3.63, 3.8) is 0 Å². The Hall–Kier alpha value is -2.25. The number of methoxy groups -OCH3 is 2. The third-order valence-corrected chi connectivity index (χ3v) is 3.93. The third-order valence-electron chi connectivity index (χ3n) is 3.02. The summed E-state index contributed by atoms with van der Waals surface area (Å²) < 4.78 is 35.2. The van der Waals surface area contributed by atoms with Gasteiger partial charge >= 0.3 is 0 Å². The van der Waals surface area contributed by atoms with E-state index in [4.69, 9.17) is 21.1 Å². The molecule has 128 valence electrons. The van der Waals surface area contributed by atoms with E-state index >= 15 is 0 Å². The Balaban J connectivity index is 2.24. The van der Waals surface area contributed by atoms with Gasteiger partial charge in [0.05, 0.1) is 26.2 Å². The van der Waals surface area contributed by atoms with Gasteiger partial charge in [0.25, 0.3) is 0 Å². The van der Waals surface area contributed by atoms with Crippen LogP contribution in [0.1, 0.15) is 5.56 Å². The lowest BCUT2D eigenvalue weighted by atomic mass is 10.2. The molecule has 0 heterocycles. The molecule has 0 radical (unpaired) electrons. The van der Waals surface area contributed by atoms with Crippen LogP contribution in [-0.4, -0.2) is 34.1 Å². The summed E-state index contributed by atoms with van der Waals surface area (Å²) in [4.78, 5) is 4.31. The Kier molecular flexibility index (Phi) is 5.69. The standard InChI is InChI=1S/C16H17ClN2O4S/c1-22-14-9-4-11(10-15(14)23-2)16(17)18-12-5-7-13(8-6-12)19-24(3,20)21/h4-10,19H,1-3H3. The lowest BCUT2D eigenvalue weighted by molar-refractivity contribution is 0.355. The van der Waals surface area contributed by atoms with Gasteiger partial charge in [0.1, 0.15) is 5.17 Å². The lowest BCUT2D eigenvalue weighted by Gasteiger charge is -2.09. The van der Waals surface area contributed by atoms with E-state index in [0.29, 0.717) is 28.4 Å². The molecule has 0 atom stereocenters. The molecule has 0 fully saturated rings. The minimum absolute atomic E-state index is 0.278. The predicted molar refractivity (Wildman–Crippen MR) is 96.5 cm³/mol. The summed E-state index contributed by atoms with van der Waals surface area (Å²) in [5.41, 5.74) is 1.72. The van der Waals surface area contributed by atoms with Crippen LogP contribution in [0.5, 0.6) is 11.5 Å². The lowest BCUT2D eigenvalue weighted by Crippen LogP contribution is -2.09. The van der Waals surface area contributed by atoms with Crippen molar-refractivity contribution < 1.29 is 17.9 Å².